The van der Waals surface area contributed by atoms with Gasteiger partial charge in [0.1, 0.15) is 11.4 Å². The zero-order chi connectivity index (χ0) is 18.3. The first-order chi connectivity index (χ1) is 12.5. The Labute approximate surface area is 152 Å². The third kappa shape index (κ3) is 2.91. The molecule has 26 heavy (non-hydrogen) atoms. The van der Waals surface area contributed by atoms with Gasteiger partial charge in [0.05, 0.1) is 5.60 Å². The summed E-state index contributed by atoms with van der Waals surface area (Å²) in [6.07, 6.45) is 3.07. The number of aromatic hydroxyl groups is 1. The molecule has 0 unspecified atom stereocenters. The standard InChI is InChI=1S/C21H21N3O2/c1-3-13-8-9-17(18(25)10-13)19-15-6-4-5-7-16(15)20(24-23-19)22-14-11-21(2,26)12-14/h3-10,14,25-26H,1,11-12H2,2H3,(H,22,24). The molecule has 3 N–H and O–H groups in total. The lowest BCUT2D eigenvalue weighted by Crippen LogP contribution is -2.48. The zero-order valence-corrected chi connectivity index (χ0v) is 14.6. The number of nitrogens with one attached hydrogen (secondary N) is 1. The van der Waals surface area contributed by atoms with E-state index in [1.807, 2.05) is 43.3 Å². The molecule has 0 atom stereocenters. The molecule has 5 nitrogen and oxygen atoms in total. The number of benzene rings is 2. The van der Waals surface area contributed by atoms with Gasteiger partial charge >= 0.3 is 0 Å². The first kappa shape index (κ1) is 16.5. The summed E-state index contributed by atoms with van der Waals surface area (Å²) >= 11 is 0. The van der Waals surface area contributed by atoms with Crippen LogP contribution in [0.1, 0.15) is 25.3 Å². The van der Waals surface area contributed by atoms with Crippen LogP contribution in [0.4, 0.5) is 5.82 Å². The van der Waals surface area contributed by atoms with Gasteiger partial charge in [0.25, 0.3) is 0 Å². The Hall–Kier alpha value is -2.92. The van der Waals surface area contributed by atoms with Crippen LogP contribution in [0, 0.1) is 0 Å². The van der Waals surface area contributed by atoms with Gasteiger partial charge in [-0.05, 0) is 37.5 Å². The smallest absolute Gasteiger partial charge is 0.156 e. The van der Waals surface area contributed by atoms with Crippen molar-refractivity contribution in [1.29, 1.82) is 0 Å². The molecular formula is C21H21N3O2. The van der Waals surface area contributed by atoms with E-state index < -0.39 is 5.60 Å². The first-order valence-corrected chi connectivity index (χ1v) is 8.67. The van der Waals surface area contributed by atoms with Crippen molar-refractivity contribution in [3.05, 3.63) is 54.6 Å². The van der Waals surface area contributed by atoms with Gasteiger partial charge in [-0.25, -0.2) is 0 Å². The maximum absolute atomic E-state index is 10.4. The average Bonchev–Trinajstić information content (AvgIpc) is 2.61. The number of anilines is 1. The van der Waals surface area contributed by atoms with Crippen molar-refractivity contribution in [2.45, 2.75) is 31.4 Å². The fourth-order valence-electron chi connectivity index (χ4n) is 3.58. The molecule has 0 amide bonds. The summed E-state index contributed by atoms with van der Waals surface area (Å²) in [5, 5.41) is 34.3. The van der Waals surface area contributed by atoms with E-state index in [9.17, 15) is 10.2 Å². The fourth-order valence-corrected chi connectivity index (χ4v) is 3.58. The minimum atomic E-state index is -0.598. The Kier molecular flexibility index (Phi) is 3.89. The van der Waals surface area contributed by atoms with Crippen LogP contribution in [-0.2, 0) is 0 Å². The largest absolute Gasteiger partial charge is 0.507 e. The predicted molar refractivity (Wildman–Crippen MR) is 104 cm³/mol. The lowest BCUT2D eigenvalue weighted by molar-refractivity contribution is -0.0235. The normalized spacial score (nSPS) is 22.0. The number of rotatable bonds is 4. The van der Waals surface area contributed by atoms with Gasteiger partial charge < -0.3 is 15.5 Å². The van der Waals surface area contributed by atoms with Crippen molar-refractivity contribution in [2.24, 2.45) is 0 Å². The van der Waals surface area contributed by atoms with Crippen LogP contribution in [0.2, 0.25) is 0 Å². The molecule has 4 rings (SSSR count). The van der Waals surface area contributed by atoms with Gasteiger partial charge in [0.15, 0.2) is 5.82 Å². The van der Waals surface area contributed by atoms with E-state index in [4.69, 9.17) is 0 Å². The third-order valence-corrected chi connectivity index (χ3v) is 4.91. The van der Waals surface area contributed by atoms with Crippen molar-refractivity contribution in [3.8, 4) is 17.0 Å². The number of hydrogen-bond acceptors (Lipinski definition) is 5. The van der Waals surface area contributed by atoms with Crippen LogP contribution < -0.4 is 5.32 Å². The number of aliphatic hydroxyl groups is 1. The molecule has 1 aliphatic rings. The number of hydrogen-bond donors (Lipinski definition) is 3. The van der Waals surface area contributed by atoms with Crippen LogP contribution in [-0.4, -0.2) is 32.1 Å². The van der Waals surface area contributed by atoms with E-state index in [1.165, 1.54) is 0 Å². The van der Waals surface area contributed by atoms with Gasteiger partial charge in [0, 0.05) is 22.4 Å². The molecule has 0 radical (unpaired) electrons. The molecule has 1 saturated carbocycles. The number of aromatic nitrogens is 2. The minimum Gasteiger partial charge on any atom is -0.507 e. The Morgan fingerprint density at radius 3 is 2.54 bits per heavy atom. The summed E-state index contributed by atoms with van der Waals surface area (Å²) in [7, 11) is 0. The predicted octanol–water partition coefficient (Wildman–Crippen LogP) is 3.97. The van der Waals surface area contributed by atoms with Crippen molar-refractivity contribution in [2.75, 3.05) is 5.32 Å². The second kappa shape index (κ2) is 6.11. The summed E-state index contributed by atoms with van der Waals surface area (Å²) < 4.78 is 0. The summed E-state index contributed by atoms with van der Waals surface area (Å²) in [6, 6.07) is 13.4. The van der Waals surface area contributed by atoms with E-state index in [1.54, 1.807) is 12.1 Å². The fraction of sp³-hybridized carbons (Fsp3) is 0.238. The Morgan fingerprint density at radius 1 is 1.15 bits per heavy atom. The lowest BCUT2D eigenvalue weighted by atomic mass is 9.77. The monoisotopic (exact) mass is 347 g/mol. The molecule has 132 valence electrons. The highest BCUT2D eigenvalue weighted by Crippen LogP contribution is 2.37. The topological polar surface area (TPSA) is 78.3 Å². The van der Waals surface area contributed by atoms with Crippen LogP contribution in [0.5, 0.6) is 5.75 Å². The van der Waals surface area contributed by atoms with E-state index in [0.29, 0.717) is 29.9 Å². The van der Waals surface area contributed by atoms with Gasteiger partial charge in [-0.15, -0.1) is 10.2 Å². The Balaban J connectivity index is 1.76. The molecule has 1 heterocycles. The lowest BCUT2D eigenvalue weighted by Gasteiger charge is -2.41. The minimum absolute atomic E-state index is 0.151. The average molecular weight is 347 g/mol. The maximum atomic E-state index is 10.4. The van der Waals surface area contributed by atoms with Gasteiger partial charge in [-0.2, -0.15) is 0 Å². The second-order valence-corrected chi connectivity index (χ2v) is 7.17. The summed E-state index contributed by atoms with van der Waals surface area (Å²) in [4.78, 5) is 0. The summed E-state index contributed by atoms with van der Waals surface area (Å²) in [5.41, 5.74) is 1.52. The third-order valence-electron chi connectivity index (χ3n) is 4.91. The van der Waals surface area contributed by atoms with E-state index >= 15 is 0 Å². The Bertz CT molecular complexity index is 990. The number of fused-ring (bicyclic) bond motifs is 1. The van der Waals surface area contributed by atoms with Crippen LogP contribution in [0.25, 0.3) is 28.1 Å². The quantitative estimate of drug-likeness (QED) is 0.665. The molecule has 0 spiro atoms. The first-order valence-electron chi connectivity index (χ1n) is 8.67. The molecule has 0 saturated heterocycles. The van der Waals surface area contributed by atoms with E-state index in [2.05, 4.69) is 22.1 Å². The second-order valence-electron chi connectivity index (χ2n) is 7.17. The van der Waals surface area contributed by atoms with Crippen LogP contribution in [0.3, 0.4) is 0 Å². The van der Waals surface area contributed by atoms with Crippen molar-refractivity contribution in [3.63, 3.8) is 0 Å². The molecule has 1 aliphatic carbocycles. The molecular weight excluding hydrogens is 326 g/mol. The number of phenols is 1. The molecule has 0 bridgehead atoms. The van der Waals surface area contributed by atoms with E-state index in [-0.39, 0.29) is 11.8 Å². The highest BCUT2D eigenvalue weighted by Gasteiger charge is 2.38. The highest BCUT2D eigenvalue weighted by molar-refractivity contribution is 6.01. The maximum Gasteiger partial charge on any atom is 0.156 e. The number of nitrogens with zero attached hydrogens (tertiary/aromatic N) is 2. The van der Waals surface area contributed by atoms with Crippen LogP contribution >= 0.6 is 0 Å². The Morgan fingerprint density at radius 2 is 1.88 bits per heavy atom. The SMILES string of the molecule is C=Cc1ccc(-c2nnc(NC3CC(C)(O)C3)c3ccccc23)c(O)c1. The molecule has 2 aromatic carbocycles. The zero-order valence-electron chi connectivity index (χ0n) is 14.6. The summed E-state index contributed by atoms with van der Waals surface area (Å²) in [6.45, 7) is 5.56. The van der Waals surface area contributed by atoms with Crippen molar-refractivity contribution < 1.29 is 10.2 Å². The van der Waals surface area contributed by atoms with Crippen molar-refractivity contribution >= 4 is 22.7 Å². The molecule has 3 aromatic rings. The molecule has 1 aromatic heterocycles. The van der Waals surface area contributed by atoms with Gasteiger partial charge in [-0.1, -0.05) is 43.0 Å². The van der Waals surface area contributed by atoms with Crippen molar-refractivity contribution in [1.82, 2.24) is 10.2 Å². The molecule has 1 fully saturated rings. The van der Waals surface area contributed by atoms with E-state index in [0.717, 1.165) is 16.3 Å². The number of phenolic OH excluding ortho intramolecular Hbond substituents is 1. The van der Waals surface area contributed by atoms with Gasteiger partial charge in [0.2, 0.25) is 0 Å². The highest BCUT2D eigenvalue weighted by atomic mass is 16.3. The molecule has 5 heteroatoms. The summed E-state index contributed by atoms with van der Waals surface area (Å²) in [5.74, 6) is 0.852. The molecule has 0 aliphatic heterocycles. The van der Waals surface area contributed by atoms with Crippen LogP contribution in [0.15, 0.2) is 49.0 Å². The van der Waals surface area contributed by atoms with Gasteiger partial charge in [-0.3, -0.25) is 0 Å².